The molecule has 1 atom stereocenters. The fourth-order valence-corrected chi connectivity index (χ4v) is 3.66. The van der Waals surface area contributed by atoms with Gasteiger partial charge in [-0.25, -0.2) is 0 Å². The summed E-state index contributed by atoms with van der Waals surface area (Å²) in [5.41, 5.74) is 0.886. The molecule has 0 aliphatic carbocycles. The number of rotatable bonds is 5. The van der Waals surface area contributed by atoms with Crippen molar-refractivity contribution in [2.75, 3.05) is 47.4 Å². The number of nitrogens with zero attached hydrogens (tertiary/aromatic N) is 4. The van der Waals surface area contributed by atoms with Crippen molar-refractivity contribution < 1.29 is 13.2 Å². The van der Waals surface area contributed by atoms with Crippen molar-refractivity contribution >= 4 is 10.2 Å². The van der Waals surface area contributed by atoms with E-state index in [0.29, 0.717) is 26.2 Å². The molecule has 1 aliphatic heterocycles. The highest BCUT2D eigenvalue weighted by Gasteiger charge is 2.31. The van der Waals surface area contributed by atoms with Crippen molar-refractivity contribution in [3.63, 3.8) is 0 Å². The molecule has 126 valence electrons. The highest BCUT2D eigenvalue weighted by atomic mass is 32.2. The van der Waals surface area contributed by atoms with Gasteiger partial charge in [-0.1, -0.05) is 12.1 Å². The second kappa shape index (κ2) is 7.27. The van der Waals surface area contributed by atoms with Crippen LogP contribution in [0.4, 0.5) is 0 Å². The summed E-state index contributed by atoms with van der Waals surface area (Å²) in [6.07, 6.45) is 0. The van der Waals surface area contributed by atoms with Gasteiger partial charge in [0.1, 0.15) is 11.8 Å². The van der Waals surface area contributed by atoms with Crippen molar-refractivity contribution in [3.05, 3.63) is 29.8 Å². The zero-order chi connectivity index (χ0) is 17.0. The van der Waals surface area contributed by atoms with Gasteiger partial charge in [0.2, 0.25) is 0 Å². The molecule has 2 rings (SSSR count). The Morgan fingerprint density at radius 2 is 1.74 bits per heavy atom. The Morgan fingerprint density at radius 3 is 2.17 bits per heavy atom. The van der Waals surface area contributed by atoms with Crippen LogP contribution < -0.4 is 4.74 Å². The van der Waals surface area contributed by atoms with E-state index in [1.165, 1.54) is 22.7 Å². The summed E-state index contributed by atoms with van der Waals surface area (Å²) in [5.74, 6) is 0.743. The SMILES string of the molecule is COc1ccc(C(C#N)N2CCN(S(=O)(=O)N(C)C)CC2)cc1. The van der Waals surface area contributed by atoms with Crippen LogP contribution in [0.5, 0.6) is 5.75 Å². The molecule has 1 unspecified atom stereocenters. The lowest BCUT2D eigenvalue weighted by atomic mass is 10.1. The number of hydrogen-bond donors (Lipinski definition) is 0. The van der Waals surface area contributed by atoms with Crippen LogP contribution in [0.15, 0.2) is 24.3 Å². The minimum atomic E-state index is -3.39. The average molecular weight is 338 g/mol. The number of ether oxygens (including phenoxy) is 1. The van der Waals surface area contributed by atoms with Gasteiger partial charge in [-0.3, -0.25) is 4.90 Å². The van der Waals surface area contributed by atoms with E-state index in [4.69, 9.17) is 4.74 Å². The highest BCUT2D eigenvalue weighted by molar-refractivity contribution is 7.86. The first-order valence-corrected chi connectivity index (χ1v) is 8.75. The number of hydrogen-bond acceptors (Lipinski definition) is 5. The van der Waals surface area contributed by atoms with Gasteiger partial charge in [-0.05, 0) is 17.7 Å². The summed E-state index contributed by atoms with van der Waals surface area (Å²) in [6.45, 7) is 1.82. The van der Waals surface area contributed by atoms with E-state index in [1.54, 1.807) is 7.11 Å². The lowest BCUT2D eigenvalue weighted by molar-refractivity contribution is 0.159. The summed E-state index contributed by atoms with van der Waals surface area (Å²) in [4.78, 5) is 2.00. The third-order valence-electron chi connectivity index (χ3n) is 3.98. The molecule has 1 saturated heterocycles. The molecule has 0 radical (unpaired) electrons. The molecule has 1 aliphatic rings. The zero-order valence-corrected chi connectivity index (χ0v) is 14.5. The zero-order valence-electron chi connectivity index (χ0n) is 13.6. The molecule has 23 heavy (non-hydrogen) atoms. The Morgan fingerprint density at radius 1 is 1.17 bits per heavy atom. The molecule has 0 aromatic heterocycles. The summed E-state index contributed by atoms with van der Waals surface area (Å²) in [5, 5.41) is 9.51. The Kier molecular flexibility index (Phi) is 5.59. The Labute approximate surface area is 137 Å². The van der Waals surface area contributed by atoms with Gasteiger partial charge < -0.3 is 4.74 Å². The average Bonchev–Trinajstić information content (AvgIpc) is 2.56. The monoisotopic (exact) mass is 338 g/mol. The second-order valence-electron chi connectivity index (χ2n) is 5.53. The molecule has 0 amide bonds. The Balaban J connectivity index is 2.06. The first-order chi connectivity index (χ1) is 10.9. The quantitative estimate of drug-likeness (QED) is 0.789. The molecule has 7 nitrogen and oxygen atoms in total. The van der Waals surface area contributed by atoms with Gasteiger partial charge in [0, 0.05) is 40.3 Å². The third kappa shape index (κ3) is 3.82. The summed E-state index contributed by atoms with van der Waals surface area (Å²) < 4.78 is 32.0. The van der Waals surface area contributed by atoms with E-state index >= 15 is 0 Å². The first-order valence-electron chi connectivity index (χ1n) is 7.35. The summed E-state index contributed by atoms with van der Waals surface area (Å²) in [6, 6.07) is 9.32. The van der Waals surface area contributed by atoms with E-state index in [-0.39, 0.29) is 6.04 Å². The highest BCUT2D eigenvalue weighted by Crippen LogP contribution is 2.24. The van der Waals surface area contributed by atoms with Crippen LogP contribution in [0.25, 0.3) is 0 Å². The predicted molar refractivity (Wildman–Crippen MR) is 87.1 cm³/mol. The maximum Gasteiger partial charge on any atom is 0.281 e. The topological polar surface area (TPSA) is 76.9 Å². The standard InChI is InChI=1S/C15H22N4O3S/c1-17(2)23(20,21)19-10-8-18(9-11-19)15(12-16)13-4-6-14(22-3)7-5-13/h4-7,15H,8-11H2,1-3H3. The normalized spacial score (nSPS) is 18.6. The summed E-state index contributed by atoms with van der Waals surface area (Å²) in [7, 11) is 1.26. The van der Waals surface area contributed by atoms with E-state index in [9.17, 15) is 13.7 Å². The minimum absolute atomic E-state index is 0.384. The maximum atomic E-state index is 12.1. The van der Waals surface area contributed by atoms with E-state index in [1.807, 2.05) is 29.2 Å². The molecule has 0 N–H and O–H groups in total. The van der Waals surface area contributed by atoms with Crippen molar-refractivity contribution in [1.29, 1.82) is 5.26 Å². The van der Waals surface area contributed by atoms with Crippen molar-refractivity contribution in [1.82, 2.24) is 13.5 Å². The lowest BCUT2D eigenvalue weighted by Crippen LogP contribution is -2.52. The van der Waals surface area contributed by atoms with Gasteiger partial charge >= 0.3 is 0 Å². The third-order valence-corrected chi connectivity index (χ3v) is 5.92. The fraction of sp³-hybridized carbons (Fsp3) is 0.533. The van der Waals surface area contributed by atoms with Gasteiger partial charge in [0.15, 0.2) is 0 Å². The Bertz CT molecular complexity index is 659. The van der Waals surface area contributed by atoms with Crippen molar-refractivity contribution in [2.45, 2.75) is 6.04 Å². The van der Waals surface area contributed by atoms with Crippen LogP contribution in [0.1, 0.15) is 11.6 Å². The largest absolute Gasteiger partial charge is 0.497 e. The van der Waals surface area contributed by atoms with Crippen molar-refractivity contribution in [3.8, 4) is 11.8 Å². The van der Waals surface area contributed by atoms with Crippen LogP contribution >= 0.6 is 0 Å². The van der Waals surface area contributed by atoms with E-state index in [0.717, 1.165) is 11.3 Å². The van der Waals surface area contributed by atoms with E-state index in [2.05, 4.69) is 6.07 Å². The molecule has 1 heterocycles. The molecular formula is C15H22N4O3S. The number of methoxy groups -OCH3 is 1. The molecule has 0 bridgehead atoms. The number of piperazine rings is 1. The van der Waals surface area contributed by atoms with Gasteiger partial charge in [0.05, 0.1) is 13.2 Å². The molecule has 1 aromatic rings. The fourth-order valence-electron chi connectivity index (χ4n) is 2.58. The summed E-state index contributed by atoms with van der Waals surface area (Å²) >= 11 is 0. The first kappa shape index (κ1) is 17.7. The van der Waals surface area contributed by atoms with Crippen LogP contribution in [0.2, 0.25) is 0 Å². The van der Waals surface area contributed by atoms with Crippen molar-refractivity contribution in [2.24, 2.45) is 0 Å². The smallest absolute Gasteiger partial charge is 0.281 e. The van der Waals surface area contributed by atoms with Crippen LogP contribution in [0.3, 0.4) is 0 Å². The Hall–Kier alpha value is -1.66. The van der Waals surface area contributed by atoms with Crippen LogP contribution in [0, 0.1) is 11.3 Å². The van der Waals surface area contributed by atoms with Gasteiger partial charge in [-0.2, -0.15) is 22.3 Å². The van der Waals surface area contributed by atoms with Crippen LogP contribution in [-0.4, -0.2) is 69.3 Å². The molecule has 1 aromatic carbocycles. The number of nitriles is 1. The second-order valence-corrected chi connectivity index (χ2v) is 7.67. The van der Waals surface area contributed by atoms with E-state index < -0.39 is 10.2 Å². The minimum Gasteiger partial charge on any atom is -0.497 e. The molecule has 0 saturated carbocycles. The lowest BCUT2D eigenvalue weighted by Gasteiger charge is -2.37. The van der Waals surface area contributed by atoms with Crippen LogP contribution in [-0.2, 0) is 10.2 Å². The molecule has 0 spiro atoms. The molecule has 8 heteroatoms. The molecular weight excluding hydrogens is 316 g/mol. The predicted octanol–water partition coefficient (Wildman–Crippen LogP) is 0.684. The van der Waals surface area contributed by atoms with Gasteiger partial charge in [0.25, 0.3) is 10.2 Å². The maximum absolute atomic E-state index is 12.1. The number of benzene rings is 1. The molecule has 1 fully saturated rings. The van der Waals surface area contributed by atoms with Gasteiger partial charge in [-0.15, -0.1) is 0 Å².